The van der Waals surface area contributed by atoms with Crippen LogP contribution in [0.2, 0.25) is 0 Å². The first-order valence-electron chi connectivity index (χ1n) is 7.49. The van der Waals surface area contributed by atoms with Crippen molar-refractivity contribution >= 4 is 24.0 Å². The third-order valence-corrected chi connectivity index (χ3v) is 4.06. The van der Waals surface area contributed by atoms with Gasteiger partial charge in [0, 0.05) is 51.5 Å². The Labute approximate surface area is 142 Å². The lowest BCUT2D eigenvalue weighted by molar-refractivity contribution is 0.0747. The second kappa shape index (κ2) is 7.48. The molecule has 124 valence electrons. The summed E-state index contributed by atoms with van der Waals surface area (Å²) in [7, 11) is 1.91. The summed E-state index contributed by atoms with van der Waals surface area (Å²) in [5.41, 5.74) is 8.46. The van der Waals surface area contributed by atoms with E-state index in [1.165, 1.54) is 0 Å². The first-order chi connectivity index (χ1) is 10.7. The average Bonchev–Trinajstić information content (AvgIpc) is 3.01. The van der Waals surface area contributed by atoms with E-state index in [1.807, 2.05) is 48.6 Å². The number of hydrogen-bond acceptors (Lipinski definition) is 4. The van der Waals surface area contributed by atoms with Crippen LogP contribution < -0.4 is 10.6 Å². The van der Waals surface area contributed by atoms with Crippen LogP contribution in [-0.4, -0.2) is 46.8 Å². The molecule has 0 spiro atoms. The Morgan fingerprint density at radius 1 is 1.17 bits per heavy atom. The summed E-state index contributed by atoms with van der Waals surface area (Å²) < 4.78 is 1.80. The first-order valence-corrected chi connectivity index (χ1v) is 7.49. The van der Waals surface area contributed by atoms with Crippen molar-refractivity contribution in [3.63, 3.8) is 0 Å². The molecule has 0 unspecified atom stereocenters. The summed E-state index contributed by atoms with van der Waals surface area (Å²) in [6, 6.07) is 7.55. The number of piperazine rings is 1. The maximum Gasteiger partial charge on any atom is 0.253 e. The molecule has 2 N–H and O–H groups in total. The summed E-state index contributed by atoms with van der Waals surface area (Å²) in [6.07, 6.45) is 3.87. The number of hydrogen-bond donors (Lipinski definition) is 1. The smallest absolute Gasteiger partial charge is 0.253 e. The number of aromatic nitrogens is 2. The molecule has 3 rings (SSSR count). The summed E-state index contributed by atoms with van der Waals surface area (Å²) in [4.78, 5) is 16.7. The van der Waals surface area contributed by atoms with E-state index in [2.05, 4.69) is 10.00 Å². The second-order valence-electron chi connectivity index (χ2n) is 5.55. The number of carbonyl (C=O) groups is 1. The van der Waals surface area contributed by atoms with E-state index in [0.717, 1.165) is 43.0 Å². The summed E-state index contributed by atoms with van der Waals surface area (Å²) in [6.45, 7) is 3.62. The number of halogens is 1. The third kappa shape index (κ3) is 3.83. The zero-order valence-corrected chi connectivity index (χ0v) is 14.0. The van der Waals surface area contributed by atoms with Crippen molar-refractivity contribution in [1.82, 2.24) is 14.7 Å². The molecule has 2 heterocycles. The molecule has 1 aliphatic rings. The predicted octanol–water partition coefficient (Wildman–Crippen LogP) is 1.26. The molecule has 1 fully saturated rings. The van der Waals surface area contributed by atoms with Crippen molar-refractivity contribution < 1.29 is 4.79 Å². The zero-order chi connectivity index (χ0) is 15.5. The Hall–Kier alpha value is -2.05. The Morgan fingerprint density at radius 3 is 2.35 bits per heavy atom. The number of carbonyl (C=O) groups excluding carboxylic acids is 1. The van der Waals surface area contributed by atoms with Gasteiger partial charge in [-0.2, -0.15) is 5.10 Å². The standard InChI is InChI=1S/C16H21N5O.ClH/c1-19-12-15(11-18-19)20-6-8-21(9-7-20)16(22)14-4-2-13(10-17)3-5-14;/h2-5,11-12H,6-10,17H2,1H3;1H. The maximum absolute atomic E-state index is 12.5. The van der Waals surface area contributed by atoms with Crippen LogP contribution in [0.25, 0.3) is 0 Å². The van der Waals surface area contributed by atoms with Gasteiger partial charge in [0.1, 0.15) is 0 Å². The Morgan fingerprint density at radius 2 is 1.83 bits per heavy atom. The van der Waals surface area contributed by atoms with Crippen LogP contribution in [-0.2, 0) is 13.6 Å². The van der Waals surface area contributed by atoms with Gasteiger partial charge in [0.2, 0.25) is 0 Å². The highest BCUT2D eigenvalue weighted by atomic mass is 35.5. The average molecular weight is 336 g/mol. The second-order valence-corrected chi connectivity index (χ2v) is 5.55. The fourth-order valence-corrected chi connectivity index (χ4v) is 2.71. The lowest BCUT2D eigenvalue weighted by atomic mass is 10.1. The molecule has 0 saturated carbocycles. The maximum atomic E-state index is 12.5. The van der Waals surface area contributed by atoms with Crippen molar-refractivity contribution in [2.75, 3.05) is 31.1 Å². The van der Waals surface area contributed by atoms with Gasteiger partial charge in [0.05, 0.1) is 11.9 Å². The highest BCUT2D eigenvalue weighted by molar-refractivity contribution is 5.94. The molecule has 6 nitrogen and oxygen atoms in total. The summed E-state index contributed by atoms with van der Waals surface area (Å²) >= 11 is 0. The minimum Gasteiger partial charge on any atom is -0.365 e. The zero-order valence-electron chi connectivity index (χ0n) is 13.2. The lowest BCUT2D eigenvalue weighted by Gasteiger charge is -2.35. The highest BCUT2D eigenvalue weighted by Gasteiger charge is 2.22. The van der Waals surface area contributed by atoms with Crippen LogP contribution in [0.5, 0.6) is 0 Å². The highest BCUT2D eigenvalue weighted by Crippen LogP contribution is 2.16. The van der Waals surface area contributed by atoms with Crippen LogP contribution in [0.15, 0.2) is 36.7 Å². The number of rotatable bonds is 3. The van der Waals surface area contributed by atoms with Gasteiger partial charge in [-0.05, 0) is 17.7 Å². The Kier molecular flexibility index (Phi) is 5.63. The monoisotopic (exact) mass is 335 g/mol. The van der Waals surface area contributed by atoms with Gasteiger partial charge >= 0.3 is 0 Å². The van der Waals surface area contributed by atoms with E-state index in [-0.39, 0.29) is 18.3 Å². The molecular formula is C16H22ClN5O. The minimum absolute atomic E-state index is 0. The van der Waals surface area contributed by atoms with Gasteiger partial charge < -0.3 is 15.5 Å². The molecular weight excluding hydrogens is 314 g/mol. The van der Waals surface area contributed by atoms with Gasteiger partial charge in [0.15, 0.2) is 0 Å². The number of benzene rings is 1. The third-order valence-electron chi connectivity index (χ3n) is 4.06. The molecule has 1 saturated heterocycles. The van der Waals surface area contributed by atoms with E-state index in [1.54, 1.807) is 4.68 Å². The molecule has 2 aromatic rings. The molecule has 7 heteroatoms. The molecule has 0 radical (unpaired) electrons. The molecule has 1 aliphatic heterocycles. The first kappa shape index (κ1) is 17.3. The molecule has 1 aromatic heterocycles. The van der Waals surface area contributed by atoms with E-state index < -0.39 is 0 Å². The Balaban J connectivity index is 0.00000192. The van der Waals surface area contributed by atoms with E-state index >= 15 is 0 Å². The van der Waals surface area contributed by atoms with Crippen molar-refractivity contribution in [3.05, 3.63) is 47.8 Å². The van der Waals surface area contributed by atoms with Gasteiger partial charge in [-0.15, -0.1) is 12.4 Å². The van der Waals surface area contributed by atoms with Crippen LogP contribution in [0.4, 0.5) is 5.69 Å². The number of amides is 1. The molecule has 0 bridgehead atoms. The largest absolute Gasteiger partial charge is 0.365 e. The summed E-state index contributed by atoms with van der Waals surface area (Å²) in [5.74, 6) is 0.0920. The van der Waals surface area contributed by atoms with Crippen LogP contribution >= 0.6 is 12.4 Å². The van der Waals surface area contributed by atoms with E-state index in [9.17, 15) is 4.79 Å². The predicted molar refractivity (Wildman–Crippen MR) is 92.9 cm³/mol. The topological polar surface area (TPSA) is 67.4 Å². The quantitative estimate of drug-likeness (QED) is 0.917. The van der Waals surface area contributed by atoms with Crippen LogP contribution in [0.3, 0.4) is 0 Å². The normalized spacial score (nSPS) is 14.5. The fourth-order valence-electron chi connectivity index (χ4n) is 2.71. The number of nitrogens with zero attached hydrogens (tertiary/aromatic N) is 4. The SMILES string of the molecule is Cl.Cn1cc(N2CCN(C(=O)c3ccc(CN)cc3)CC2)cn1. The number of aryl methyl sites for hydroxylation is 1. The van der Waals surface area contributed by atoms with Gasteiger partial charge in [-0.1, -0.05) is 12.1 Å². The van der Waals surface area contributed by atoms with Crippen molar-refractivity contribution in [2.24, 2.45) is 12.8 Å². The van der Waals surface area contributed by atoms with Crippen LogP contribution in [0, 0.1) is 0 Å². The Bertz CT molecular complexity index is 647. The lowest BCUT2D eigenvalue weighted by Crippen LogP contribution is -2.48. The minimum atomic E-state index is 0. The van der Waals surface area contributed by atoms with Crippen molar-refractivity contribution in [2.45, 2.75) is 6.54 Å². The molecule has 1 aromatic carbocycles. The number of nitrogens with two attached hydrogens (primary N) is 1. The van der Waals surface area contributed by atoms with E-state index in [0.29, 0.717) is 6.54 Å². The summed E-state index contributed by atoms with van der Waals surface area (Å²) in [5, 5.41) is 4.19. The van der Waals surface area contributed by atoms with Gasteiger partial charge in [-0.25, -0.2) is 0 Å². The fraction of sp³-hybridized carbons (Fsp3) is 0.375. The van der Waals surface area contributed by atoms with E-state index in [4.69, 9.17) is 5.73 Å². The molecule has 23 heavy (non-hydrogen) atoms. The molecule has 0 atom stereocenters. The number of anilines is 1. The van der Waals surface area contributed by atoms with Gasteiger partial charge in [-0.3, -0.25) is 9.48 Å². The molecule has 0 aliphatic carbocycles. The van der Waals surface area contributed by atoms with Crippen LogP contribution in [0.1, 0.15) is 15.9 Å². The molecule has 1 amide bonds. The van der Waals surface area contributed by atoms with Crippen molar-refractivity contribution in [3.8, 4) is 0 Å². The van der Waals surface area contributed by atoms with Gasteiger partial charge in [0.25, 0.3) is 5.91 Å². The van der Waals surface area contributed by atoms with Crippen molar-refractivity contribution in [1.29, 1.82) is 0 Å².